The Balaban J connectivity index is 1.40. The number of ether oxygens (including phenoxy) is 2. The summed E-state index contributed by atoms with van der Waals surface area (Å²) in [6.07, 6.45) is 0. The zero-order valence-electron chi connectivity index (χ0n) is 19.8. The highest BCUT2D eigenvalue weighted by Crippen LogP contribution is 2.36. The molecule has 0 saturated heterocycles. The van der Waals surface area contributed by atoms with Crippen molar-refractivity contribution in [3.63, 3.8) is 0 Å². The second-order valence-electron chi connectivity index (χ2n) is 7.75. The zero-order valence-corrected chi connectivity index (χ0v) is 21.4. The number of carbonyl (C=O) groups is 2. The Morgan fingerprint density at radius 2 is 1.94 bits per heavy atom. The topological polar surface area (TPSA) is 95.3 Å². The van der Waals surface area contributed by atoms with Crippen LogP contribution in [0.25, 0.3) is 11.1 Å². The molecule has 0 radical (unpaired) electrons. The van der Waals surface area contributed by atoms with Crippen LogP contribution >= 0.6 is 23.1 Å². The third-order valence-corrected chi connectivity index (χ3v) is 7.12. The van der Waals surface area contributed by atoms with Gasteiger partial charge in [0.15, 0.2) is 11.0 Å². The maximum Gasteiger partial charge on any atom is 0.341 e. The van der Waals surface area contributed by atoms with Gasteiger partial charge in [-0.3, -0.25) is 4.79 Å². The Hall–Kier alpha value is -3.70. The van der Waals surface area contributed by atoms with E-state index in [1.807, 2.05) is 31.2 Å². The van der Waals surface area contributed by atoms with Gasteiger partial charge in [-0.15, -0.1) is 21.5 Å². The maximum absolute atomic E-state index is 13.3. The van der Waals surface area contributed by atoms with Gasteiger partial charge in [-0.25, -0.2) is 9.18 Å². The number of hydrogen-bond acceptors (Lipinski definition) is 8. The molecule has 0 spiro atoms. The molecule has 0 saturated carbocycles. The first kappa shape index (κ1) is 25.4. The molecule has 11 heteroatoms. The van der Waals surface area contributed by atoms with Crippen LogP contribution in [-0.4, -0.2) is 39.5 Å². The molecule has 0 atom stereocenters. The normalized spacial score (nSPS) is 10.8. The third kappa shape index (κ3) is 5.92. The zero-order chi connectivity index (χ0) is 25.7. The largest absolute Gasteiger partial charge is 0.486 e. The summed E-state index contributed by atoms with van der Waals surface area (Å²) in [5.41, 5.74) is 2.52. The summed E-state index contributed by atoms with van der Waals surface area (Å²) in [6, 6.07) is 13.5. The van der Waals surface area contributed by atoms with Crippen LogP contribution in [0.1, 0.15) is 21.7 Å². The van der Waals surface area contributed by atoms with Crippen molar-refractivity contribution in [3.05, 3.63) is 76.7 Å². The summed E-state index contributed by atoms with van der Waals surface area (Å²) in [4.78, 5) is 25.2. The summed E-state index contributed by atoms with van der Waals surface area (Å²) in [5, 5.41) is 13.7. The number of nitrogens with one attached hydrogen (secondary N) is 1. The van der Waals surface area contributed by atoms with E-state index in [2.05, 4.69) is 15.5 Å². The standard InChI is InChI=1S/C25H23FN4O4S2/c1-15-5-4-6-18(11-15)34-12-20-28-29-25(30(20)2)36-14-21(31)27-23-22(24(32)33-3)19(13-35-23)16-7-9-17(26)10-8-16/h4-11,13H,12,14H2,1-3H3,(H,27,31). The van der Waals surface area contributed by atoms with Crippen molar-refractivity contribution in [1.82, 2.24) is 14.8 Å². The summed E-state index contributed by atoms with van der Waals surface area (Å²) >= 11 is 2.41. The van der Waals surface area contributed by atoms with Gasteiger partial charge in [0.2, 0.25) is 5.91 Å². The molecule has 0 aliphatic carbocycles. The minimum Gasteiger partial charge on any atom is -0.486 e. The molecule has 186 valence electrons. The quantitative estimate of drug-likeness (QED) is 0.240. The molecule has 4 rings (SSSR count). The van der Waals surface area contributed by atoms with Gasteiger partial charge in [0.05, 0.1) is 12.9 Å². The van der Waals surface area contributed by atoms with Crippen LogP contribution in [0.3, 0.4) is 0 Å². The van der Waals surface area contributed by atoms with Crippen LogP contribution in [0.5, 0.6) is 5.75 Å². The van der Waals surface area contributed by atoms with Gasteiger partial charge in [0.1, 0.15) is 28.7 Å². The van der Waals surface area contributed by atoms with E-state index in [0.29, 0.717) is 27.1 Å². The predicted octanol–water partition coefficient (Wildman–Crippen LogP) is 5.09. The van der Waals surface area contributed by atoms with Crippen LogP contribution in [0.15, 0.2) is 59.1 Å². The molecule has 4 aromatic rings. The number of rotatable bonds is 9. The van der Waals surface area contributed by atoms with Crippen LogP contribution in [0.4, 0.5) is 9.39 Å². The number of carbonyl (C=O) groups excluding carboxylic acids is 2. The van der Waals surface area contributed by atoms with Gasteiger partial charge in [-0.1, -0.05) is 36.0 Å². The molecular formula is C25H23FN4O4S2. The van der Waals surface area contributed by atoms with Crippen molar-refractivity contribution in [2.24, 2.45) is 7.05 Å². The lowest BCUT2D eigenvalue weighted by molar-refractivity contribution is -0.113. The highest BCUT2D eigenvalue weighted by molar-refractivity contribution is 7.99. The Bertz CT molecular complexity index is 1390. The van der Waals surface area contributed by atoms with E-state index >= 15 is 0 Å². The number of aryl methyl sites for hydroxylation is 1. The first-order valence-corrected chi connectivity index (χ1v) is 12.7. The molecule has 1 amide bonds. The number of anilines is 1. The number of hydrogen-bond donors (Lipinski definition) is 1. The predicted molar refractivity (Wildman–Crippen MR) is 137 cm³/mol. The van der Waals surface area contributed by atoms with Crippen molar-refractivity contribution in [2.45, 2.75) is 18.7 Å². The SMILES string of the molecule is COC(=O)c1c(-c2ccc(F)cc2)csc1NC(=O)CSc1nnc(COc2cccc(C)c2)n1C. The smallest absolute Gasteiger partial charge is 0.341 e. The molecule has 0 fully saturated rings. The van der Waals surface area contributed by atoms with E-state index in [9.17, 15) is 14.0 Å². The number of halogens is 1. The Morgan fingerprint density at radius 1 is 1.17 bits per heavy atom. The summed E-state index contributed by atoms with van der Waals surface area (Å²) < 4.78 is 25.8. The fourth-order valence-corrected chi connectivity index (χ4v) is 5.04. The van der Waals surface area contributed by atoms with Crippen molar-refractivity contribution >= 4 is 40.0 Å². The second-order valence-corrected chi connectivity index (χ2v) is 9.57. The first-order valence-electron chi connectivity index (χ1n) is 10.8. The number of amides is 1. The summed E-state index contributed by atoms with van der Waals surface area (Å²) in [5.74, 6) is 0.115. The van der Waals surface area contributed by atoms with Crippen LogP contribution in [0, 0.1) is 12.7 Å². The second kappa shape index (κ2) is 11.4. The van der Waals surface area contributed by atoms with E-state index in [1.165, 1.54) is 42.3 Å². The Kier molecular flexibility index (Phi) is 8.01. The van der Waals surface area contributed by atoms with Gasteiger partial charge in [-0.2, -0.15) is 0 Å². The molecular weight excluding hydrogens is 503 g/mol. The average Bonchev–Trinajstić information content (AvgIpc) is 3.44. The van der Waals surface area contributed by atoms with E-state index < -0.39 is 5.97 Å². The Labute approximate surface area is 215 Å². The highest BCUT2D eigenvalue weighted by atomic mass is 32.2. The van der Waals surface area contributed by atoms with E-state index in [-0.39, 0.29) is 29.6 Å². The van der Waals surface area contributed by atoms with Crippen molar-refractivity contribution in [3.8, 4) is 16.9 Å². The summed E-state index contributed by atoms with van der Waals surface area (Å²) in [7, 11) is 3.07. The van der Waals surface area contributed by atoms with Gasteiger partial charge in [-0.05, 0) is 42.3 Å². The first-order chi connectivity index (χ1) is 17.4. The maximum atomic E-state index is 13.3. The fourth-order valence-electron chi connectivity index (χ4n) is 3.34. The van der Waals surface area contributed by atoms with Gasteiger partial charge in [0, 0.05) is 18.0 Å². The minimum absolute atomic E-state index is 0.0507. The van der Waals surface area contributed by atoms with E-state index in [1.54, 1.807) is 29.1 Å². The molecule has 0 aliphatic rings. The molecule has 2 aromatic carbocycles. The number of aromatic nitrogens is 3. The van der Waals surface area contributed by atoms with Gasteiger partial charge in [0.25, 0.3) is 0 Å². The summed E-state index contributed by atoms with van der Waals surface area (Å²) in [6.45, 7) is 2.23. The van der Waals surface area contributed by atoms with Gasteiger partial charge < -0.3 is 19.4 Å². The number of nitrogens with zero attached hydrogens (tertiary/aromatic N) is 3. The molecule has 0 unspecified atom stereocenters. The number of esters is 1. The Morgan fingerprint density at radius 3 is 2.67 bits per heavy atom. The number of thioether (sulfide) groups is 1. The highest BCUT2D eigenvalue weighted by Gasteiger charge is 2.23. The average molecular weight is 527 g/mol. The lowest BCUT2D eigenvalue weighted by Crippen LogP contribution is -2.16. The van der Waals surface area contributed by atoms with Crippen molar-refractivity contribution in [2.75, 3.05) is 18.2 Å². The molecule has 36 heavy (non-hydrogen) atoms. The van der Waals surface area contributed by atoms with Crippen molar-refractivity contribution < 1.29 is 23.5 Å². The molecule has 2 aromatic heterocycles. The molecule has 2 heterocycles. The van der Waals surface area contributed by atoms with Crippen molar-refractivity contribution in [1.29, 1.82) is 0 Å². The van der Waals surface area contributed by atoms with Crippen LogP contribution in [-0.2, 0) is 23.2 Å². The molecule has 0 bridgehead atoms. The van der Waals surface area contributed by atoms with E-state index in [0.717, 1.165) is 11.3 Å². The minimum atomic E-state index is -0.593. The van der Waals surface area contributed by atoms with E-state index in [4.69, 9.17) is 9.47 Å². The number of methoxy groups -OCH3 is 1. The number of thiophene rings is 1. The lowest BCUT2D eigenvalue weighted by Gasteiger charge is -2.08. The third-order valence-electron chi connectivity index (χ3n) is 5.20. The van der Waals surface area contributed by atoms with Gasteiger partial charge >= 0.3 is 5.97 Å². The monoisotopic (exact) mass is 526 g/mol. The lowest BCUT2D eigenvalue weighted by atomic mass is 10.0. The molecule has 0 aliphatic heterocycles. The number of benzene rings is 2. The fraction of sp³-hybridized carbons (Fsp3) is 0.200. The molecule has 1 N–H and O–H groups in total. The molecule has 8 nitrogen and oxygen atoms in total. The van der Waals surface area contributed by atoms with Crippen LogP contribution in [0.2, 0.25) is 0 Å². The van der Waals surface area contributed by atoms with Crippen LogP contribution < -0.4 is 10.1 Å².